The van der Waals surface area contributed by atoms with Crippen molar-refractivity contribution in [2.75, 3.05) is 0 Å². The molecule has 0 fully saturated rings. The van der Waals surface area contributed by atoms with Crippen molar-refractivity contribution < 1.29 is 4.43 Å². The fourth-order valence-corrected chi connectivity index (χ4v) is 8.91. The highest BCUT2D eigenvalue weighted by Gasteiger charge is 2.42. The first-order chi connectivity index (χ1) is 13.8. The summed E-state index contributed by atoms with van der Waals surface area (Å²) in [6.07, 6.45) is 6.11. The van der Waals surface area contributed by atoms with Crippen LogP contribution in [0.15, 0.2) is 84.9 Å². The number of fused-ring (bicyclic) bond motifs is 1. The van der Waals surface area contributed by atoms with Gasteiger partial charge in [-0.15, -0.1) is 0 Å². The molecule has 0 spiro atoms. The van der Waals surface area contributed by atoms with Gasteiger partial charge in [0.1, 0.15) is 0 Å². The van der Waals surface area contributed by atoms with Gasteiger partial charge in [-0.1, -0.05) is 105 Å². The minimum Gasteiger partial charge on any atom is -0.401 e. The van der Waals surface area contributed by atoms with Crippen LogP contribution in [0.5, 0.6) is 0 Å². The number of benzene rings is 3. The number of hydrogen-bond acceptors (Lipinski definition) is 1. The summed E-state index contributed by atoms with van der Waals surface area (Å²) < 4.78 is 7.32. The molecule has 1 nitrogen and oxygen atoms in total. The highest BCUT2D eigenvalue weighted by atomic mass is 28.4. The maximum Gasteiger partial charge on any atom is 0.256 e. The number of aryl methyl sites for hydroxylation is 1. The Hall–Kier alpha value is -2.16. The van der Waals surface area contributed by atoms with Gasteiger partial charge < -0.3 is 4.43 Å². The first-order valence-corrected chi connectivity index (χ1v) is 12.8. The van der Waals surface area contributed by atoms with Crippen LogP contribution in [0.4, 0.5) is 0 Å². The standard InChI is InChI=1S/C26H30OSi/c1-2-3-21-28(23-15-6-4-7-16-23,24-17-8-5-9-18-24)27-26-20-12-14-22-13-10-11-19-25(22)26/h4-11,13,15-19,26H,2-3,12,14,20-21H2,1H3. The summed E-state index contributed by atoms with van der Waals surface area (Å²) >= 11 is 0. The Labute approximate surface area is 170 Å². The molecule has 1 atom stereocenters. The van der Waals surface area contributed by atoms with Crippen LogP contribution in [0.1, 0.15) is 49.8 Å². The number of rotatable bonds is 7. The fraction of sp³-hybridized carbons (Fsp3) is 0.308. The van der Waals surface area contributed by atoms with Crippen molar-refractivity contribution >= 4 is 18.7 Å². The number of hydrogen-bond donors (Lipinski definition) is 0. The molecule has 0 bridgehead atoms. The van der Waals surface area contributed by atoms with Gasteiger partial charge in [0.2, 0.25) is 0 Å². The van der Waals surface area contributed by atoms with Gasteiger partial charge in [0, 0.05) is 0 Å². The molecule has 0 amide bonds. The zero-order valence-electron chi connectivity index (χ0n) is 16.8. The van der Waals surface area contributed by atoms with E-state index in [1.54, 1.807) is 0 Å². The molecule has 0 radical (unpaired) electrons. The smallest absolute Gasteiger partial charge is 0.256 e. The first kappa shape index (κ1) is 19.2. The second-order valence-corrected chi connectivity index (χ2v) is 11.4. The highest BCUT2D eigenvalue weighted by Crippen LogP contribution is 2.35. The quantitative estimate of drug-likeness (QED) is 0.477. The van der Waals surface area contributed by atoms with Gasteiger partial charge in [-0.3, -0.25) is 0 Å². The zero-order chi connectivity index (χ0) is 19.2. The molecule has 3 aromatic rings. The van der Waals surface area contributed by atoms with Crippen LogP contribution >= 0.6 is 0 Å². The molecule has 3 aromatic carbocycles. The molecule has 0 N–H and O–H groups in total. The molecule has 28 heavy (non-hydrogen) atoms. The van der Waals surface area contributed by atoms with E-state index in [2.05, 4.69) is 91.9 Å². The average Bonchev–Trinajstić information content (AvgIpc) is 2.78. The van der Waals surface area contributed by atoms with Crippen molar-refractivity contribution in [2.45, 2.75) is 51.2 Å². The van der Waals surface area contributed by atoms with E-state index in [-0.39, 0.29) is 6.10 Å². The predicted molar refractivity (Wildman–Crippen MR) is 121 cm³/mol. The van der Waals surface area contributed by atoms with Crippen LogP contribution in [0, 0.1) is 0 Å². The van der Waals surface area contributed by atoms with E-state index in [0.29, 0.717) is 0 Å². The summed E-state index contributed by atoms with van der Waals surface area (Å²) in [5, 5.41) is 2.80. The lowest BCUT2D eigenvalue weighted by molar-refractivity contribution is 0.178. The van der Waals surface area contributed by atoms with Crippen molar-refractivity contribution in [2.24, 2.45) is 0 Å². The van der Waals surface area contributed by atoms with Gasteiger partial charge in [0.25, 0.3) is 8.32 Å². The van der Waals surface area contributed by atoms with Crippen molar-refractivity contribution in [3.63, 3.8) is 0 Å². The third kappa shape index (κ3) is 3.85. The summed E-state index contributed by atoms with van der Waals surface area (Å²) in [5.74, 6) is 0. The third-order valence-electron chi connectivity index (χ3n) is 6.02. The summed E-state index contributed by atoms with van der Waals surface area (Å²) in [6.45, 7) is 2.28. The highest BCUT2D eigenvalue weighted by molar-refractivity contribution is 6.97. The topological polar surface area (TPSA) is 9.23 Å². The van der Waals surface area contributed by atoms with Crippen LogP contribution in [0.25, 0.3) is 0 Å². The molecule has 2 heteroatoms. The lowest BCUT2D eigenvalue weighted by Gasteiger charge is -2.38. The van der Waals surface area contributed by atoms with E-state index in [1.807, 2.05) is 0 Å². The van der Waals surface area contributed by atoms with E-state index >= 15 is 0 Å². The maximum atomic E-state index is 7.32. The normalized spacial score (nSPS) is 16.5. The Bertz CT molecular complexity index is 836. The van der Waals surface area contributed by atoms with E-state index < -0.39 is 8.32 Å². The fourth-order valence-electron chi connectivity index (χ4n) is 4.57. The zero-order valence-corrected chi connectivity index (χ0v) is 17.8. The molecule has 1 aliphatic carbocycles. The summed E-state index contributed by atoms with van der Waals surface area (Å²) in [7, 11) is -2.32. The van der Waals surface area contributed by atoms with Gasteiger partial charge in [-0.05, 0) is 46.8 Å². The molecule has 0 aliphatic heterocycles. The van der Waals surface area contributed by atoms with E-state index in [4.69, 9.17) is 4.43 Å². The summed E-state index contributed by atoms with van der Waals surface area (Å²) in [6, 6.07) is 32.1. The summed E-state index contributed by atoms with van der Waals surface area (Å²) in [4.78, 5) is 0. The monoisotopic (exact) mass is 386 g/mol. The molecule has 1 unspecified atom stereocenters. The summed E-state index contributed by atoms with van der Waals surface area (Å²) in [5.41, 5.74) is 2.88. The number of unbranched alkanes of at least 4 members (excludes halogenated alkanes) is 1. The van der Waals surface area contributed by atoms with E-state index in [0.717, 1.165) is 12.5 Å². The van der Waals surface area contributed by atoms with Gasteiger partial charge in [-0.2, -0.15) is 0 Å². The Morgan fingerprint density at radius 3 is 2.07 bits per heavy atom. The van der Waals surface area contributed by atoms with Crippen LogP contribution in [-0.4, -0.2) is 8.32 Å². The van der Waals surface area contributed by atoms with Gasteiger partial charge in [0.05, 0.1) is 6.10 Å². The molecule has 4 rings (SSSR count). The second-order valence-electron chi connectivity index (χ2n) is 7.86. The van der Waals surface area contributed by atoms with Crippen molar-refractivity contribution in [3.05, 3.63) is 96.1 Å². The molecular formula is C26H30OSi. The van der Waals surface area contributed by atoms with Crippen LogP contribution < -0.4 is 10.4 Å². The molecule has 1 aliphatic rings. The van der Waals surface area contributed by atoms with Crippen molar-refractivity contribution in [1.82, 2.24) is 0 Å². The van der Waals surface area contributed by atoms with Crippen molar-refractivity contribution in [1.29, 1.82) is 0 Å². The third-order valence-corrected chi connectivity index (χ3v) is 10.3. The van der Waals surface area contributed by atoms with Gasteiger partial charge in [0.15, 0.2) is 0 Å². The van der Waals surface area contributed by atoms with Gasteiger partial charge >= 0.3 is 0 Å². The lowest BCUT2D eigenvalue weighted by Crippen LogP contribution is -2.61. The molecule has 0 heterocycles. The SMILES string of the molecule is CCCC[Si](OC1CCCc2ccccc21)(c1ccccc1)c1ccccc1. The Morgan fingerprint density at radius 1 is 0.821 bits per heavy atom. The minimum absolute atomic E-state index is 0.203. The Kier molecular flexibility index (Phi) is 6.09. The largest absolute Gasteiger partial charge is 0.401 e. The molecule has 0 saturated carbocycles. The van der Waals surface area contributed by atoms with Crippen LogP contribution in [0.2, 0.25) is 6.04 Å². The Morgan fingerprint density at radius 2 is 1.43 bits per heavy atom. The lowest BCUT2D eigenvalue weighted by atomic mass is 9.90. The first-order valence-electron chi connectivity index (χ1n) is 10.7. The van der Waals surface area contributed by atoms with Crippen LogP contribution in [-0.2, 0) is 10.8 Å². The maximum absolute atomic E-state index is 7.32. The average molecular weight is 387 g/mol. The van der Waals surface area contributed by atoms with E-state index in [1.165, 1.54) is 47.2 Å². The second kappa shape index (κ2) is 8.89. The van der Waals surface area contributed by atoms with Crippen molar-refractivity contribution in [3.8, 4) is 0 Å². The Balaban J connectivity index is 1.81. The van der Waals surface area contributed by atoms with E-state index in [9.17, 15) is 0 Å². The molecule has 0 aromatic heterocycles. The molecule has 144 valence electrons. The molecular weight excluding hydrogens is 356 g/mol. The predicted octanol–water partition coefficient (Wildman–Crippen LogP) is 5.64. The molecule has 0 saturated heterocycles. The van der Waals surface area contributed by atoms with Gasteiger partial charge in [-0.25, -0.2) is 0 Å². The van der Waals surface area contributed by atoms with Crippen LogP contribution in [0.3, 0.4) is 0 Å². The minimum atomic E-state index is -2.32.